The molecule has 0 N–H and O–H groups in total. The minimum atomic E-state index is 0.337. The predicted octanol–water partition coefficient (Wildman–Crippen LogP) is 3.64. The zero-order valence-corrected chi connectivity index (χ0v) is 15.6. The Balaban J connectivity index is 1.54. The van der Waals surface area contributed by atoms with Gasteiger partial charge in [0.25, 0.3) is 0 Å². The fraction of sp³-hybridized carbons (Fsp3) is 0.364. The number of hydrogen-bond acceptors (Lipinski definition) is 5. The average Bonchev–Trinajstić information content (AvgIpc) is 3.32. The van der Waals surface area contributed by atoms with Crippen LogP contribution in [0.15, 0.2) is 65.4 Å². The van der Waals surface area contributed by atoms with Crippen molar-refractivity contribution in [3.05, 3.63) is 83.5 Å². The lowest BCUT2D eigenvalue weighted by Gasteiger charge is -2.31. The molecule has 0 saturated carbocycles. The molecular weight excluding hydrogens is 338 g/mol. The van der Waals surface area contributed by atoms with Crippen molar-refractivity contribution in [3.63, 3.8) is 0 Å². The fourth-order valence-corrected chi connectivity index (χ4v) is 3.79. The standard InChI is InChI=1S/C22H25N3O2/c1-17-11-21(27-24-17)12-20-15-26-16-22(20)25(13-18-5-3-2-4-6-18)14-19-7-9-23-10-8-19/h2-11,20,22H,12-16H2,1H3/t20-,22-/m1/s1. The molecule has 0 aliphatic carbocycles. The Kier molecular flexibility index (Phi) is 5.61. The number of pyridine rings is 1. The lowest BCUT2D eigenvalue weighted by atomic mass is 9.95. The molecule has 0 radical (unpaired) electrons. The van der Waals surface area contributed by atoms with Crippen LogP contribution in [0.3, 0.4) is 0 Å². The SMILES string of the molecule is Cc1cc(C[C@@H]2COC[C@H]2N(Cc2ccccc2)Cc2ccncc2)on1. The number of hydrogen-bond donors (Lipinski definition) is 0. The largest absolute Gasteiger partial charge is 0.379 e. The second-order valence-corrected chi connectivity index (χ2v) is 7.25. The van der Waals surface area contributed by atoms with E-state index in [1.807, 2.05) is 25.4 Å². The first-order valence-electron chi connectivity index (χ1n) is 9.45. The highest BCUT2D eigenvalue weighted by molar-refractivity contribution is 5.16. The summed E-state index contributed by atoms with van der Waals surface area (Å²) in [7, 11) is 0. The molecule has 2 aromatic heterocycles. The van der Waals surface area contributed by atoms with Crippen molar-refractivity contribution in [1.82, 2.24) is 15.0 Å². The molecule has 5 heteroatoms. The zero-order valence-electron chi connectivity index (χ0n) is 15.6. The maximum atomic E-state index is 5.89. The van der Waals surface area contributed by atoms with E-state index in [0.717, 1.165) is 44.2 Å². The molecule has 1 saturated heterocycles. The van der Waals surface area contributed by atoms with E-state index in [1.165, 1.54) is 11.1 Å². The summed E-state index contributed by atoms with van der Waals surface area (Å²) < 4.78 is 11.3. The van der Waals surface area contributed by atoms with E-state index >= 15 is 0 Å². The Morgan fingerprint density at radius 1 is 1.00 bits per heavy atom. The van der Waals surface area contributed by atoms with E-state index in [0.29, 0.717) is 12.0 Å². The summed E-state index contributed by atoms with van der Waals surface area (Å²) in [6.45, 7) is 5.23. The first kappa shape index (κ1) is 17.9. The number of rotatable bonds is 7. The highest BCUT2D eigenvalue weighted by atomic mass is 16.5. The van der Waals surface area contributed by atoms with E-state index in [9.17, 15) is 0 Å². The normalized spacial score (nSPS) is 19.6. The summed E-state index contributed by atoms with van der Waals surface area (Å²) in [5.74, 6) is 1.33. The Morgan fingerprint density at radius 3 is 2.44 bits per heavy atom. The molecule has 1 aliphatic rings. The van der Waals surface area contributed by atoms with E-state index in [1.54, 1.807) is 0 Å². The van der Waals surface area contributed by atoms with Gasteiger partial charge >= 0.3 is 0 Å². The van der Waals surface area contributed by atoms with Crippen molar-refractivity contribution >= 4 is 0 Å². The highest BCUT2D eigenvalue weighted by Crippen LogP contribution is 2.27. The van der Waals surface area contributed by atoms with Gasteiger partial charge in [-0.2, -0.15) is 0 Å². The van der Waals surface area contributed by atoms with Crippen LogP contribution in [0.1, 0.15) is 22.6 Å². The minimum absolute atomic E-state index is 0.337. The molecule has 27 heavy (non-hydrogen) atoms. The number of nitrogens with zero attached hydrogens (tertiary/aromatic N) is 3. The monoisotopic (exact) mass is 363 g/mol. The number of benzene rings is 1. The van der Waals surface area contributed by atoms with Crippen LogP contribution in [-0.4, -0.2) is 34.3 Å². The topological polar surface area (TPSA) is 51.4 Å². The Labute approximate surface area is 160 Å². The van der Waals surface area contributed by atoms with Crippen LogP contribution in [0.5, 0.6) is 0 Å². The summed E-state index contributed by atoms with van der Waals surface area (Å²) in [4.78, 5) is 6.66. The van der Waals surface area contributed by atoms with Crippen molar-refractivity contribution in [3.8, 4) is 0 Å². The molecular formula is C22H25N3O2. The third-order valence-corrected chi connectivity index (χ3v) is 5.14. The van der Waals surface area contributed by atoms with Gasteiger partial charge in [-0.1, -0.05) is 35.5 Å². The molecule has 3 heterocycles. The van der Waals surface area contributed by atoms with Gasteiger partial charge in [0.05, 0.1) is 18.9 Å². The Morgan fingerprint density at radius 2 is 1.74 bits per heavy atom. The highest BCUT2D eigenvalue weighted by Gasteiger charge is 2.34. The number of aryl methyl sites for hydroxylation is 1. The minimum Gasteiger partial charge on any atom is -0.379 e. The van der Waals surface area contributed by atoms with E-state index < -0.39 is 0 Å². The molecule has 1 fully saturated rings. The summed E-state index contributed by atoms with van der Waals surface area (Å²) in [5, 5.41) is 4.03. The molecule has 0 amide bonds. The molecule has 5 nitrogen and oxygen atoms in total. The first-order chi connectivity index (χ1) is 13.3. The molecule has 3 aromatic rings. The molecule has 1 aromatic carbocycles. The van der Waals surface area contributed by atoms with Gasteiger partial charge in [-0.05, 0) is 30.2 Å². The van der Waals surface area contributed by atoms with Gasteiger partial charge in [-0.3, -0.25) is 9.88 Å². The average molecular weight is 363 g/mol. The van der Waals surface area contributed by atoms with E-state index in [2.05, 4.69) is 57.5 Å². The quantitative estimate of drug-likeness (QED) is 0.641. The van der Waals surface area contributed by atoms with Gasteiger partial charge in [0, 0.05) is 49.9 Å². The lowest BCUT2D eigenvalue weighted by molar-refractivity contribution is 0.127. The van der Waals surface area contributed by atoms with Gasteiger partial charge in [-0.15, -0.1) is 0 Å². The van der Waals surface area contributed by atoms with Gasteiger partial charge in [0.15, 0.2) is 0 Å². The number of aromatic nitrogens is 2. The van der Waals surface area contributed by atoms with Crippen molar-refractivity contribution < 1.29 is 9.26 Å². The molecule has 4 rings (SSSR count). The van der Waals surface area contributed by atoms with Crippen LogP contribution in [0, 0.1) is 12.8 Å². The van der Waals surface area contributed by atoms with Gasteiger partial charge < -0.3 is 9.26 Å². The molecule has 140 valence electrons. The molecule has 0 unspecified atom stereocenters. The first-order valence-corrected chi connectivity index (χ1v) is 9.45. The molecule has 1 aliphatic heterocycles. The van der Waals surface area contributed by atoms with E-state index in [4.69, 9.17) is 9.26 Å². The molecule has 0 bridgehead atoms. The summed E-state index contributed by atoms with van der Waals surface area (Å²) >= 11 is 0. The summed E-state index contributed by atoms with van der Waals surface area (Å²) in [6.07, 6.45) is 4.57. The van der Waals surface area contributed by atoms with Gasteiger partial charge in [0.2, 0.25) is 0 Å². The zero-order chi connectivity index (χ0) is 18.5. The van der Waals surface area contributed by atoms with Crippen LogP contribution in [0.2, 0.25) is 0 Å². The van der Waals surface area contributed by atoms with Crippen LogP contribution in [0.25, 0.3) is 0 Å². The predicted molar refractivity (Wildman–Crippen MR) is 103 cm³/mol. The maximum Gasteiger partial charge on any atom is 0.137 e. The molecule has 2 atom stereocenters. The summed E-state index contributed by atoms with van der Waals surface area (Å²) in [6, 6.07) is 17.2. The van der Waals surface area contributed by atoms with Crippen LogP contribution in [-0.2, 0) is 24.2 Å². The summed E-state index contributed by atoms with van der Waals surface area (Å²) in [5.41, 5.74) is 3.51. The van der Waals surface area contributed by atoms with Crippen LogP contribution < -0.4 is 0 Å². The van der Waals surface area contributed by atoms with Crippen LogP contribution in [0.4, 0.5) is 0 Å². The van der Waals surface area contributed by atoms with Crippen molar-refractivity contribution in [2.45, 2.75) is 32.5 Å². The van der Waals surface area contributed by atoms with Gasteiger partial charge in [0.1, 0.15) is 5.76 Å². The second kappa shape index (κ2) is 8.46. The van der Waals surface area contributed by atoms with Crippen LogP contribution >= 0.6 is 0 Å². The lowest BCUT2D eigenvalue weighted by Crippen LogP contribution is -2.40. The number of ether oxygens (including phenoxy) is 1. The third kappa shape index (κ3) is 4.62. The fourth-order valence-electron chi connectivity index (χ4n) is 3.79. The Bertz CT molecular complexity index is 794. The van der Waals surface area contributed by atoms with Gasteiger partial charge in [-0.25, -0.2) is 0 Å². The maximum absolute atomic E-state index is 5.89. The van der Waals surface area contributed by atoms with Crippen molar-refractivity contribution in [1.29, 1.82) is 0 Å². The van der Waals surface area contributed by atoms with E-state index in [-0.39, 0.29) is 0 Å². The van der Waals surface area contributed by atoms with Crippen molar-refractivity contribution in [2.75, 3.05) is 13.2 Å². The second-order valence-electron chi connectivity index (χ2n) is 7.25. The van der Waals surface area contributed by atoms with Crippen molar-refractivity contribution in [2.24, 2.45) is 5.92 Å². The molecule has 0 spiro atoms. The third-order valence-electron chi connectivity index (χ3n) is 5.14. The Hall–Kier alpha value is -2.50. The smallest absolute Gasteiger partial charge is 0.137 e.